The summed E-state index contributed by atoms with van der Waals surface area (Å²) in [5.74, 6) is 0.725. The molecule has 0 fully saturated rings. The molecule has 1 aromatic heterocycles. The zero-order valence-electron chi connectivity index (χ0n) is 10.6. The van der Waals surface area contributed by atoms with Gasteiger partial charge in [0.05, 0.1) is 30.0 Å². The molecule has 3 N–H and O–H groups in total. The third kappa shape index (κ3) is 2.92. The lowest BCUT2D eigenvalue weighted by Gasteiger charge is -2.10. The minimum atomic E-state index is 0.613. The van der Waals surface area contributed by atoms with Crippen LogP contribution < -0.4 is 15.8 Å². The van der Waals surface area contributed by atoms with E-state index in [1.165, 1.54) is 4.88 Å². The highest BCUT2D eigenvalue weighted by molar-refractivity contribution is 7.09. The maximum Gasteiger partial charge on any atom is 0.144 e. The number of anilines is 2. The summed E-state index contributed by atoms with van der Waals surface area (Å²) in [4.78, 5) is 5.46. The number of nitrogens with one attached hydrogen (secondary N) is 1. The predicted molar refractivity (Wildman–Crippen MR) is 76.2 cm³/mol. The summed E-state index contributed by atoms with van der Waals surface area (Å²) in [6, 6.07) is 5.73. The van der Waals surface area contributed by atoms with Crippen molar-refractivity contribution in [3.8, 4) is 5.75 Å². The number of benzene rings is 1. The van der Waals surface area contributed by atoms with Gasteiger partial charge >= 0.3 is 0 Å². The average Bonchev–Trinajstić information content (AvgIpc) is 2.76. The summed E-state index contributed by atoms with van der Waals surface area (Å²) < 4.78 is 5.46. The fourth-order valence-corrected chi connectivity index (χ4v) is 2.32. The predicted octanol–water partition coefficient (Wildman–Crippen LogP) is 3.04. The van der Waals surface area contributed by atoms with Gasteiger partial charge in [-0.15, -0.1) is 11.3 Å². The van der Waals surface area contributed by atoms with E-state index >= 15 is 0 Å². The molecule has 96 valence electrons. The van der Waals surface area contributed by atoms with Crippen molar-refractivity contribution in [1.82, 2.24) is 4.98 Å². The summed E-state index contributed by atoms with van der Waals surface area (Å²) in [5.41, 5.74) is 10.4. The Morgan fingerprint density at radius 3 is 2.94 bits per heavy atom. The largest absolute Gasteiger partial charge is 0.492 e. The van der Waals surface area contributed by atoms with Gasteiger partial charge in [-0.1, -0.05) is 0 Å². The van der Waals surface area contributed by atoms with E-state index in [1.54, 1.807) is 11.3 Å². The van der Waals surface area contributed by atoms with Crippen LogP contribution in [0.3, 0.4) is 0 Å². The first-order valence-corrected chi connectivity index (χ1v) is 6.74. The van der Waals surface area contributed by atoms with Crippen LogP contribution in [-0.2, 0) is 6.54 Å². The van der Waals surface area contributed by atoms with Crippen molar-refractivity contribution in [1.29, 1.82) is 0 Å². The molecule has 0 spiro atoms. The number of rotatable bonds is 5. The smallest absolute Gasteiger partial charge is 0.144 e. The Hall–Kier alpha value is -1.75. The molecule has 0 unspecified atom stereocenters. The van der Waals surface area contributed by atoms with Crippen molar-refractivity contribution < 1.29 is 4.74 Å². The lowest BCUT2D eigenvalue weighted by atomic mass is 10.2. The molecule has 5 heteroatoms. The number of nitrogens with zero attached hydrogens (tertiary/aromatic N) is 1. The second-order valence-electron chi connectivity index (χ2n) is 3.90. The maximum atomic E-state index is 5.83. The minimum absolute atomic E-state index is 0.613. The van der Waals surface area contributed by atoms with Crippen molar-refractivity contribution in [3.05, 3.63) is 34.3 Å². The number of hydrogen-bond acceptors (Lipinski definition) is 5. The lowest BCUT2D eigenvalue weighted by molar-refractivity contribution is 0.342. The SMILES string of the molecule is CCOc1cc(NCc2scnc2C)ccc1N. The molecule has 4 nitrogen and oxygen atoms in total. The summed E-state index contributed by atoms with van der Waals surface area (Å²) >= 11 is 1.66. The van der Waals surface area contributed by atoms with Crippen LogP contribution in [0.15, 0.2) is 23.7 Å². The molecule has 0 amide bonds. The van der Waals surface area contributed by atoms with E-state index in [4.69, 9.17) is 10.5 Å². The van der Waals surface area contributed by atoms with Crippen molar-refractivity contribution in [2.45, 2.75) is 20.4 Å². The number of aryl methyl sites for hydroxylation is 1. The van der Waals surface area contributed by atoms with Gasteiger partial charge in [0.2, 0.25) is 0 Å². The van der Waals surface area contributed by atoms with Gasteiger partial charge in [-0.2, -0.15) is 0 Å². The van der Waals surface area contributed by atoms with Crippen LogP contribution in [0, 0.1) is 6.92 Å². The third-order valence-corrected chi connectivity index (χ3v) is 3.55. The highest BCUT2D eigenvalue weighted by atomic mass is 32.1. The fourth-order valence-electron chi connectivity index (χ4n) is 1.60. The first-order valence-electron chi connectivity index (χ1n) is 5.86. The summed E-state index contributed by atoms with van der Waals surface area (Å²) in [7, 11) is 0. The molecule has 0 bridgehead atoms. The molecule has 0 radical (unpaired) electrons. The number of nitrogen functional groups attached to an aromatic ring is 1. The number of hydrogen-bond donors (Lipinski definition) is 2. The van der Waals surface area contributed by atoms with Gasteiger partial charge in [0.15, 0.2) is 0 Å². The molecule has 0 aliphatic carbocycles. The summed E-state index contributed by atoms with van der Waals surface area (Å²) in [6.07, 6.45) is 0. The van der Waals surface area contributed by atoms with Gasteiger partial charge < -0.3 is 15.8 Å². The topological polar surface area (TPSA) is 60.2 Å². The Labute approximate surface area is 111 Å². The van der Waals surface area contributed by atoms with Crippen LogP contribution in [0.5, 0.6) is 5.75 Å². The Morgan fingerprint density at radius 2 is 2.28 bits per heavy atom. The molecule has 0 aliphatic heterocycles. The molecule has 0 saturated heterocycles. The summed E-state index contributed by atoms with van der Waals surface area (Å²) in [5, 5.41) is 3.35. The minimum Gasteiger partial charge on any atom is -0.492 e. The van der Waals surface area contributed by atoms with Crippen molar-refractivity contribution in [3.63, 3.8) is 0 Å². The standard InChI is InChI=1S/C13H17N3OS/c1-3-17-12-6-10(4-5-11(12)14)15-7-13-9(2)16-8-18-13/h4-6,8,15H,3,7,14H2,1-2H3. The highest BCUT2D eigenvalue weighted by Crippen LogP contribution is 2.26. The first kappa shape index (κ1) is 12.7. The van der Waals surface area contributed by atoms with E-state index in [1.807, 2.05) is 37.6 Å². The van der Waals surface area contributed by atoms with Gasteiger partial charge in [0, 0.05) is 16.6 Å². The number of thiazole rings is 1. The van der Waals surface area contributed by atoms with Gasteiger partial charge in [0.1, 0.15) is 5.75 Å². The van der Waals surface area contributed by atoms with Crippen LogP contribution in [0.4, 0.5) is 11.4 Å². The quantitative estimate of drug-likeness (QED) is 0.814. The Balaban J connectivity index is 2.05. The number of ether oxygens (including phenoxy) is 1. The van der Waals surface area contributed by atoms with E-state index in [2.05, 4.69) is 10.3 Å². The van der Waals surface area contributed by atoms with Crippen LogP contribution in [0.25, 0.3) is 0 Å². The lowest BCUT2D eigenvalue weighted by Crippen LogP contribution is -2.01. The third-order valence-electron chi connectivity index (χ3n) is 2.61. The van der Waals surface area contributed by atoms with Crippen LogP contribution in [0.1, 0.15) is 17.5 Å². The molecular formula is C13H17N3OS. The van der Waals surface area contributed by atoms with Crippen molar-refractivity contribution >= 4 is 22.7 Å². The van der Waals surface area contributed by atoms with E-state index in [0.29, 0.717) is 12.3 Å². The van der Waals surface area contributed by atoms with Crippen LogP contribution in [-0.4, -0.2) is 11.6 Å². The molecule has 18 heavy (non-hydrogen) atoms. The van der Waals surface area contributed by atoms with Crippen molar-refractivity contribution in [2.75, 3.05) is 17.7 Å². The summed E-state index contributed by atoms with van der Waals surface area (Å²) in [6.45, 7) is 5.34. The van der Waals surface area contributed by atoms with Crippen LogP contribution in [0.2, 0.25) is 0 Å². The zero-order valence-corrected chi connectivity index (χ0v) is 11.4. The van der Waals surface area contributed by atoms with Gasteiger partial charge in [-0.05, 0) is 26.0 Å². The Bertz CT molecular complexity index is 525. The van der Waals surface area contributed by atoms with E-state index in [0.717, 1.165) is 23.7 Å². The molecule has 0 aliphatic rings. The number of nitrogens with two attached hydrogens (primary N) is 1. The molecule has 1 aromatic carbocycles. The van der Waals surface area contributed by atoms with Gasteiger partial charge in [-0.25, -0.2) is 4.98 Å². The number of aromatic nitrogens is 1. The monoisotopic (exact) mass is 263 g/mol. The van der Waals surface area contributed by atoms with Crippen LogP contribution >= 0.6 is 11.3 Å². The van der Waals surface area contributed by atoms with Crippen molar-refractivity contribution in [2.24, 2.45) is 0 Å². The fraction of sp³-hybridized carbons (Fsp3) is 0.308. The molecule has 1 heterocycles. The second-order valence-corrected chi connectivity index (χ2v) is 4.84. The van der Waals surface area contributed by atoms with E-state index < -0.39 is 0 Å². The molecule has 0 saturated carbocycles. The van der Waals surface area contributed by atoms with E-state index in [9.17, 15) is 0 Å². The molecule has 2 aromatic rings. The molecule has 2 rings (SSSR count). The highest BCUT2D eigenvalue weighted by Gasteiger charge is 2.04. The zero-order chi connectivity index (χ0) is 13.0. The van der Waals surface area contributed by atoms with Gasteiger partial charge in [0.25, 0.3) is 0 Å². The molecule has 0 atom stereocenters. The molecular weight excluding hydrogens is 246 g/mol. The van der Waals surface area contributed by atoms with Gasteiger partial charge in [-0.3, -0.25) is 0 Å². The van der Waals surface area contributed by atoms with E-state index in [-0.39, 0.29) is 0 Å². The maximum absolute atomic E-state index is 5.83. The average molecular weight is 263 g/mol. The Morgan fingerprint density at radius 1 is 1.44 bits per heavy atom. The Kier molecular flexibility index (Phi) is 4.04. The first-order chi connectivity index (χ1) is 8.70. The second kappa shape index (κ2) is 5.73. The normalized spacial score (nSPS) is 10.3.